The van der Waals surface area contributed by atoms with Gasteiger partial charge in [0.25, 0.3) is 5.91 Å². The minimum absolute atomic E-state index is 0.136. The van der Waals surface area contributed by atoms with Crippen molar-refractivity contribution in [3.05, 3.63) is 53.3 Å². The first-order valence-corrected chi connectivity index (χ1v) is 11.6. The SMILES string of the molecule is COc1cc2c(cc1OC)[C@H](C(=O)NCCCN1CCOCC1)[C@@H](c1cccnc1)N(C)C2=O. The van der Waals surface area contributed by atoms with Crippen LogP contribution in [0, 0.1) is 0 Å². The molecule has 3 heterocycles. The maximum absolute atomic E-state index is 13.6. The lowest BCUT2D eigenvalue weighted by molar-refractivity contribution is -0.124. The van der Waals surface area contributed by atoms with Crippen LogP contribution in [0.4, 0.5) is 0 Å². The van der Waals surface area contributed by atoms with Gasteiger partial charge in [-0.2, -0.15) is 0 Å². The zero-order valence-corrected chi connectivity index (χ0v) is 20.0. The van der Waals surface area contributed by atoms with E-state index in [0.29, 0.717) is 29.2 Å². The molecule has 9 nitrogen and oxygen atoms in total. The number of hydrogen-bond donors (Lipinski definition) is 1. The number of carbonyl (C=O) groups is 2. The van der Waals surface area contributed by atoms with Gasteiger partial charge in [0, 0.05) is 44.6 Å². The van der Waals surface area contributed by atoms with Crippen molar-refractivity contribution in [1.29, 1.82) is 0 Å². The summed E-state index contributed by atoms with van der Waals surface area (Å²) in [5, 5.41) is 3.11. The molecule has 34 heavy (non-hydrogen) atoms. The molecule has 0 saturated carbocycles. The lowest BCUT2D eigenvalue weighted by Gasteiger charge is -2.40. The third-order valence-corrected chi connectivity index (χ3v) is 6.54. The van der Waals surface area contributed by atoms with Crippen molar-refractivity contribution in [2.24, 2.45) is 0 Å². The van der Waals surface area contributed by atoms with Gasteiger partial charge in [0.1, 0.15) is 0 Å². The molecule has 0 aliphatic carbocycles. The Balaban J connectivity index is 1.62. The summed E-state index contributed by atoms with van der Waals surface area (Å²) in [5.74, 6) is -0.00364. The van der Waals surface area contributed by atoms with Gasteiger partial charge in [-0.1, -0.05) is 6.07 Å². The molecule has 2 aliphatic heterocycles. The Hall–Kier alpha value is -3.17. The number of carbonyl (C=O) groups excluding carboxylic acids is 2. The standard InChI is InChI=1S/C25H32N4O5/c1-28-23(17-6-4-7-26-16-17)22(24(30)27-8-5-9-29-10-12-34-13-11-29)18-14-20(32-2)21(33-3)15-19(18)25(28)31/h4,6-7,14-16,22-23H,5,8-13H2,1-3H3,(H,27,30)/t22-,23+/m0/s1. The number of ether oxygens (including phenoxy) is 3. The minimum atomic E-state index is -0.620. The minimum Gasteiger partial charge on any atom is -0.493 e. The summed E-state index contributed by atoms with van der Waals surface area (Å²) in [6.07, 6.45) is 4.22. The molecule has 2 aliphatic rings. The van der Waals surface area contributed by atoms with Gasteiger partial charge in [0.15, 0.2) is 11.5 Å². The second kappa shape index (κ2) is 10.8. The third kappa shape index (κ3) is 4.85. The summed E-state index contributed by atoms with van der Waals surface area (Å²) in [6.45, 7) is 4.80. The van der Waals surface area contributed by atoms with E-state index in [1.54, 1.807) is 43.6 Å². The van der Waals surface area contributed by atoms with Crippen molar-refractivity contribution in [2.45, 2.75) is 18.4 Å². The molecule has 0 bridgehead atoms. The second-order valence-corrected chi connectivity index (χ2v) is 8.52. The Morgan fingerprint density at radius 3 is 2.62 bits per heavy atom. The van der Waals surface area contributed by atoms with E-state index in [9.17, 15) is 9.59 Å². The van der Waals surface area contributed by atoms with Crippen molar-refractivity contribution in [2.75, 3.05) is 60.7 Å². The van der Waals surface area contributed by atoms with Crippen molar-refractivity contribution in [3.63, 3.8) is 0 Å². The Morgan fingerprint density at radius 1 is 1.21 bits per heavy atom. The summed E-state index contributed by atoms with van der Waals surface area (Å²) in [7, 11) is 4.79. The fourth-order valence-corrected chi connectivity index (χ4v) is 4.75. The molecular formula is C25H32N4O5. The van der Waals surface area contributed by atoms with Gasteiger partial charge in [-0.05, 0) is 42.3 Å². The Morgan fingerprint density at radius 2 is 1.94 bits per heavy atom. The quantitative estimate of drug-likeness (QED) is 0.591. The highest BCUT2D eigenvalue weighted by atomic mass is 16.5. The molecule has 1 saturated heterocycles. The number of nitrogens with one attached hydrogen (secondary N) is 1. The highest BCUT2D eigenvalue weighted by Crippen LogP contribution is 2.45. The van der Waals surface area contributed by atoms with Crippen LogP contribution in [-0.2, 0) is 9.53 Å². The average Bonchev–Trinajstić information content (AvgIpc) is 2.88. The number of nitrogens with zero attached hydrogens (tertiary/aromatic N) is 3. The smallest absolute Gasteiger partial charge is 0.254 e. The van der Waals surface area contributed by atoms with Crippen LogP contribution in [0.5, 0.6) is 11.5 Å². The number of hydrogen-bond acceptors (Lipinski definition) is 7. The van der Waals surface area contributed by atoms with Crippen LogP contribution in [0.2, 0.25) is 0 Å². The Bertz CT molecular complexity index is 1010. The van der Waals surface area contributed by atoms with Crippen LogP contribution in [0.25, 0.3) is 0 Å². The first kappa shape index (κ1) is 24.0. The van der Waals surface area contributed by atoms with Gasteiger partial charge in [-0.3, -0.25) is 19.5 Å². The molecule has 2 amide bonds. The zero-order chi connectivity index (χ0) is 24.1. The zero-order valence-electron chi connectivity index (χ0n) is 20.0. The number of rotatable bonds is 8. The summed E-state index contributed by atoms with van der Waals surface area (Å²) < 4.78 is 16.3. The Labute approximate surface area is 200 Å². The summed E-state index contributed by atoms with van der Waals surface area (Å²) in [4.78, 5) is 35.1. The molecule has 0 unspecified atom stereocenters. The number of methoxy groups -OCH3 is 2. The molecule has 2 aromatic rings. The van der Waals surface area contributed by atoms with E-state index in [1.165, 1.54) is 7.11 Å². The van der Waals surface area contributed by atoms with E-state index in [1.807, 2.05) is 12.1 Å². The summed E-state index contributed by atoms with van der Waals surface area (Å²) in [5.41, 5.74) is 1.86. The normalized spacial score (nSPS) is 20.6. The number of benzene rings is 1. The predicted molar refractivity (Wildman–Crippen MR) is 126 cm³/mol. The number of fused-ring (bicyclic) bond motifs is 1. The van der Waals surface area contributed by atoms with E-state index < -0.39 is 12.0 Å². The molecule has 1 fully saturated rings. The Kier molecular flexibility index (Phi) is 7.64. The van der Waals surface area contributed by atoms with E-state index >= 15 is 0 Å². The molecule has 1 aromatic carbocycles. The van der Waals surface area contributed by atoms with E-state index in [2.05, 4.69) is 15.2 Å². The van der Waals surface area contributed by atoms with Gasteiger partial charge >= 0.3 is 0 Å². The van der Waals surface area contributed by atoms with Gasteiger partial charge in [-0.25, -0.2) is 0 Å². The summed E-state index contributed by atoms with van der Waals surface area (Å²) >= 11 is 0. The number of amides is 2. The molecule has 0 spiro atoms. The van der Waals surface area contributed by atoms with Crippen LogP contribution in [0.15, 0.2) is 36.7 Å². The number of morpholine rings is 1. The van der Waals surface area contributed by atoms with Gasteiger partial charge in [0.05, 0.1) is 39.4 Å². The van der Waals surface area contributed by atoms with E-state index in [-0.39, 0.29) is 11.8 Å². The molecule has 2 atom stereocenters. The monoisotopic (exact) mass is 468 g/mol. The molecule has 1 N–H and O–H groups in total. The molecule has 1 aromatic heterocycles. The molecule has 182 valence electrons. The largest absolute Gasteiger partial charge is 0.493 e. The van der Waals surface area contributed by atoms with Crippen LogP contribution in [-0.4, -0.2) is 87.3 Å². The molecule has 0 radical (unpaired) electrons. The predicted octanol–water partition coefficient (Wildman–Crippen LogP) is 1.85. The van der Waals surface area contributed by atoms with Crippen molar-refractivity contribution < 1.29 is 23.8 Å². The van der Waals surface area contributed by atoms with Gasteiger partial charge < -0.3 is 24.4 Å². The maximum atomic E-state index is 13.6. The van der Waals surface area contributed by atoms with Gasteiger partial charge in [0.2, 0.25) is 5.91 Å². The molecule has 4 rings (SSSR count). The van der Waals surface area contributed by atoms with E-state index in [4.69, 9.17) is 14.2 Å². The van der Waals surface area contributed by atoms with Crippen LogP contribution >= 0.6 is 0 Å². The van der Waals surface area contributed by atoms with Crippen molar-refractivity contribution in [1.82, 2.24) is 20.1 Å². The maximum Gasteiger partial charge on any atom is 0.254 e. The first-order chi connectivity index (χ1) is 16.5. The molecule has 9 heteroatoms. The topological polar surface area (TPSA) is 93.2 Å². The lowest BCUT2D eigenvalue weighted by Crippen LogP contribution is -2.46. The van der Waals surface area contributed by atoms with Crippen molar-refractivity contribution >= 4 is 11.8 Å². The fraction of sp³-hybridized carbons (Fsp3) is 0.480. The average molecular weight is 469 g/mol. The second-order valence-electron chi connectivity index (χ2n) is 8.52. The number of likely N-dealkylation sites (N-methyl/N-ethyl adjacent to an activating group) is 1. The lowest BCUT2D eigenvalue weighted by atomic mass is 9.79. The third-order valence-electron chi connectivity index (χ3n) is 6.54. The fourth-order valence-electron chi connectivity index (χ4n) is 4.75. The summed E-state index contributed by atoms with van der Waals surface area (Å²) in [6, 6.07) is 6.62. The highest BCUT2D eigenvalue weighted by molar-refractivity contribution is 6.02. The van der Waals surface area contributed by atoms with E-state index in [0.717, 1.165) is 44.8 Å². The van der Waals surface area contributed by atoms with Gasteiger partial charge in [-0.15, -0.1) is 0 Å². The van der Waals surface area contributed by atoms with Crippen LogP contribution in [0.3, 0.4) is 0 Å². The van der Waals surface area contributed by atoms with Crippen LogP contribution < -0.4 is 14.8 Å². The number of aromatic nitrogens is 1. The van der Waals surface area contributed by atoms with Crippen molar-refractivity contribution in [3.8, 4) is 11.5 Å². The highest BCUT2D eigenvalue weighted by Gasteiger charge is 2.43. The van der Waals surface area contributed by atoms with Crippen LogP contribution in [0.1, 0.15) is 39.9 Å². The number of pyridine rings is 1. The molecular weight excluding hydrogens is 436 g/mol. The first-order valence-electron chi connectivity index (χ1n) is 11.6.